The molecule has 0 N–H and O–H groups in total. The Morgan fingerprint density at radius 3 is 2.24 bits per heavy atom. The predicted octanol–water partition coefficient (Wildman–Crippen LogP) is 4.07. The van der Waals surface area contributed by atoms with Gasteiger partial charge < -0.3 is 4.90 Å². The van der Waals surface area contributed by atoms with Crippen molar-refractivity contribution in [1.82, 2.24) is 4.90 Å². The van der Waals surface area contributed by atoms with Gasteiger partial charge in [-0.2, -0.15) is 0 Å². The highest BCUT2D eigenvalue weighted by molar-refractivity contribution is 6.30. The number of nitrogens with zero attached hydrogens (tertiary/aromatic N) is 1. The maximum atomic E-state index is 12.8. The van der Waals surface area contributed by atoms with Crippen LogP contribution in [0.15, 0.2) is 48.5 Å². The molecule has 4 heteroatoms. The molecule has 0 aliphatic rings. The van der Waals surface area contributed by atoms with Crippen molar-refractivity contribution in [2.24, 2.45) is 0 Å². The summed E-state index contributed by atoms with van der Waals surface area (Å²) in [5.74, 6) is -0.204. The number of rotatable bonds is 5. The molecule has 0 fully saturated rings. The van der Waals surface area contributed by atoms with Crippen LogP contribution in [-0.4, -0.2) is 17.9 Å². The second-order valence-corrected chi connectivity index (χ2v) is 5.44. The SMILES string of the molecule is CN(Cc1ccc(F)cc1)C(=O)CCc1ccc(Cl)cc1. The lowest BCUT2D eigenvalue weighted by atomic mass is 10.1. The quantitative estimate of drug-likeness (QED) is 0.815. The fourth-order valence-electron chi connectivity index (χ4n) is 2.05. The van der Waals surface area contributed by atoms with Crippen LogP contribution in [-0.2, 0) is 17.8 Å². The van der Waals surface area contributed by atoms with Crippen LogP contribution < -0.4 is 0 Å². The first kappa shape index (κ1) is 15.5. The van der Waals surface area contributed by atoms with E-state index in [0.717, 1.165) is 11.1 Å². The minimum absolute atomic E-state index is 0.0641. The Hall–Kier alpha value is -1.87. The van der Waals surface area contributed by atoms with E-state index in [2.05, 4.69) is 0 Å². The van der Waals surface area contributed by atoms with E-state index in [1.165, 1.54) is 12.1 Å². The van der Waals surface area contributed by atoms with Gasteiger partial charge in [0.25, 0.3) is 0 Å². The molecule has 0 radical (unpaired) electrons. The summed E-state index contributed by atoms with van der Waals surface area (Å²) < 4.78 is 12.8. The lowest BCUT2D eigenvalue weighted by Crippen LogP contribution is -2.26. The Morgan fingerprint density at radius 1 is 1.05 bits per heavy atom. The highest BCUT2D eigenvalue weighted by atomic mass is 35.5. The van der Waals surface area contributed by atoms with E-state index >= 15 is 0 Å². The van der Waals surface area contributed by atoms with Crippen molar-refractivity contribution in [1.29, 1.82) is 0 Å². The number of hydrogen-bond donors (Lipinski definition) is 0. The summed E-state index contributed by atoms with van der Waals surface area (Å²) in [7, 11) is 1.76. The lowest BCUT2D eigenvalue weighted by molar-refractivity contribution is -0.130. The van der Waals surface area contributed by atoms with Crippen molar-refractivity contribution < 1.29 is 9.18 Å². The van der Waals surface area contributed by atoms with Crippen molar-refractivity contribution in [2.45, 2.75) is 19.4 Å². The van der Waals surface area contributed by atoms with E-state index in [4.69, 9.17) is 11.6 Å². The molecule has 110 valence electrons. The van der Waals surface area contributed by atoms with Crippen molar-refractivity contribution in [3.63, 3.8) is 0 Å². The zero-order valence-electron chi connectivity index (χ0n) is 11.9. The van der Waals surface area contributed by atoms with E-state index < -0.39 is 0 Å². The van der Waals surface area contributed by atoms with Gasteiger partial charge in [0.2, 0.25) is 5.91 Å². The Morgan fingerprint density at radius 2 is 1.62 bits per heavy atom. The van der Waals surface area contributed by atoms with E-state index in [1.54, 1.807) is 24.1 Å². The summed E-state index contributed by atoms with van der Waals surface area (Å²) in [4.78, 5) is 13.7. The maximum absolute atomic E-state index is 12.8. The predicted molar refractivity (Wildman–Crippen MR) is 82.6 cm³/mol. The van der Waals surface area contributed by atoms with Crippen LogP contribution in [0.3, 0.4) is 0 Å². The molecular weight excluding hydrogens is 289 g/mol. The molecule has 1 amide bonds. The number of hydrogen-bond acceptors (Lipinski definition) is 1. The summed E-state index contributed by atoms with van der Waals surface area (Å²) in [6, 6.07) is 13.7. The summed E-state index contributed by atoms with van der Waals surface area (Å²) >= 11 is 5.82. The van der Waals surface area contributed by atoms with Gasteiger partial charge in [0.1, 0.15) is 5.82 Å². The Labute approximate surface area is 129 Å². The summed E-state index contributed by atoms with van der Waals surface area (Å²) in [6.45, 7) is 0.486. The van der Waals surface area contributed by atoms with Gasteiger partial charge >= 0.3 is 0 Å². The smallest absolute Gasteiger partial charge is 0.222 e. The van der Waals surface area contributed by atoms with Gasteiger partial charge in [0, 0.05) is 25.0 Å². The van der Waals surface area contributed by atoms with Crippen LogP contribution in [0.4, 0.5) is 4.39 Å². The van der Waals surface area contributed by atoms with E-state index in [-0.39, 0.29) is 11.7 Å². The first-order valence-electron chi connectivity index (χ1n) is 6.77. The second kappa shape index (κ2) is 7.23. The highest BCUT2D eigenvalue weighted by Gasteiger charge is 2.09. The molecule has 2 aromatic rings. The molecule has 0 unspecified atom stereocenters. The van der Waals surface area contributed by atoms with Crippen molar-refractivity contribution in [3.05, 3.63) is 70.5 Å². The average molecular weight is 306 g/mol. The number of benzene rings is 2. The Kier molecular flexibility index (Phi) is 5.34. The number of carbonyl (C=O) groups is 1. The van der Waals surface area contributed by atoms with Crippen LogP contribution in [0.2, 0.25) is 5.02 Å². The lowest BCUT2D eigenvalue weighted by Gasteiger charge is -2.17. The molecule has 2 nitrogen and oxygen atoms in total. The number of halogens is 2. The number of carbonyl (C=O) groups excluding carboxylic acids is 1. The molecular formula is C17H17ClFNO. The number of amides is 1. The van der Waals surface area contributed by atoms with Gasteiger partial charge in [-0.25, -0.2) is 4.39 Å². The monoisotopic (exact) mass is 305 g/mol. The molecule has 0 aromatic heterocycles. The Bertz CT molecular complexity index is 595. The van der Waals surface area contributed by atoms with Gasteiger partial charge in [-0.3, -0.25) is 4.79 Å². The molecule has 0 heterocycles. The molecule has 21 heavy (non-hydrogen) atoms. The largest absolute Gasteiger partial charge is 0.341 e. The molecule has 0 saturated heterocycles. The average Bonchev–Trinajstić information content (AvgIpc) is 2.48. The van der Waals surface area contributed by atoms with Crippen LogP contribution in [0.5, 0.6) is 0 Å². The molecule has 0 atom stereocenters. The minimum Gasteiger partial charge on any atom is -0.341 e. The zero-order valence-corrected chi connectivity index (χ0v) is 12.6. The third-order valence-electron chi connectivity index (χ3n) is 3.30. The van der Waals surface area contributed by atoms with Crippen LogP contribution in [0.25, 0.3) is 0 Å². The standard InChI is InChI=1S/C17H17ClFNO/c1-20(12-14-4-9-16(19)10-5-14)17(21)11-6-13-2-7-15(18)8-3-13/h2-5,7-10H,6,11-12H2,1H3. The van der Waals surface area contributed by atoms with Crippen molar-refractivity contribution >= 4 is 17.5 Å². The maximum Gasteiger partial charge on any atom is 0.222 e. The summed E-state index contributed by atoms with van der Waals surface area (Å²) in [5.41, 5.74) is 2.00. The first-order chi connectivity index (χ1) is 10.0. The molecule has 0 aliphatic carbocycles. The van der Waals surface area contributed by atoms with Gasteiger partial charge in [0.05, 0.1) is 0 Å². The third-order valence-corrected chi connectivity index (χ3v) is 3.55. The normalized spacial score (nSPS) is 10.4. The third kappa shape index (κ3) is 4.87. The van der Waals surface area contributed by atoms with E-state index in [0.29, 0.717) is 24.4 Å². The van der Waals surface area contributed by atoms with Crippen molar-refractivity contribution in [2.75, 3.05) is 7.05 Å². The van der Waals surface area contributed by atoms with Crippen LogP contribution in [0, 0.1) is 5.82 Å². The van der Waals surface area contributed by atoms with Gasteiger partial charge in [-0.15, -0.1) is 0 Å². The fraction of sp³-hybridized carbons (Fsp3) is 0.235. The molecule has 0 saturated carbocycles. The topological polar surface area (TPSA) is 20.3 Å². The molecule has 2 rings (SSSR count). The highest BCUT2D eigenvalue weighted by Crippen LogP contribution is 2.12. The van der Waals surface area contributed by atoms with E-state index in [9.17, 15) is 9.18 Å². The molecule has 0 aliphatic heterocycles. The second-order valence-electron chi connectivity index (χ2n) is 5.00. The molecule has 0 spiro atoms. The van der Waals surface area contributed by atoms with E-state index in [1.807, 2.05) is 24.3 Å². The van der Waals surface area contributed by atoms with Gasteiger partial charge in [-0.05, 0) is 41.8 Å². The molecule has 0 bridgehead atoms. The number of aryl methyl sites for hydroxylation is 1. The molecule has 2 aromatic carbocycles. The zero-order chi connectivity index (χ0) is 15.2. The van der Waals surface area contributed by atoms with Crippen LogP contribution >= 0.6 is 11.6 Å². The first-order valence-corrected chi connectivity index (χ1v) is 7.15. The summed E-state index contributed by atoms with van der Waals surface area (Å²) in [5, 5.41) is 0.693. The minimum atomic E-state index is -0.268. The van der Waals surface area contributed by atoms with Crippen LogP contribution in [0.1, 0.15) is 17.5 Å². The Balaban J connectivity index is 1.84. The summed E-state index contributed by atoms with van der Waals surface area (Å²) in [6.07, 6.45) is 1.13. The fourth-order valence-corrected chi connectivity index (χ4v) is 2.17. The van der Waals surface area contributed by atoms with Gasteiger partial charge in [-0.1, -0.05) is 35.9 Å². The van der Waals surface area contributed by atoms with Crippen molar-refractivity contribution in [3.8, 4) is 0 Å². The van der Waals surface area contributed by atoms with Gasteiger partial charge in [0.15, 0.2) is 0 Å².